The number of rotatable bonds is 8. The zero-order valence-corrected chi connectivity index (χ0v) is 33.9. The van der Waals surface area contributed by atoms with Crippen LogP contribution >= 0.6 is 0 Å². The standard InChI is InChI=1S/C47H63NO6/c1-30(49)29-48-37-20-21-44(4)36(47(37,7)41(52)53-8)19-22-46(6)39(44)35(50)27-33-34-28-43(3,24-23-42(34,2)25-26-45(33,46)5)40(51)54-38(31-15-11-9-12-16-31)32-17-13-10-14-18-32/h9-18,27,30,34,36-39,48-49H,19-26,28-29H2,1-8H3/t30-,34+,36-,37+,39-,42-,43+,44+,45-,46-,47+/m1/s1. The van der Waals surface area contributed by atoms with Gasteiger partial charge in [-0.15, -0.1) is 0 Å². The van der Waals surface area contributed by atoms with Crippen LogP contribution in [0.3, 0.4) is 0 Å². The van der Waals surface area contributed by atoms with Crippen LogP contribution in [0, 0.1) is 50.2 Å². The summed E-state index contributed by atoms with van der Waals surface area (Å²) >= 11 is 0. The van der Waals surface area contributed by atoms with Gasteiger partial charge in [0.2, 0.25) is 0 Å². The van der Waals surface area contributed by atoms with Crippen LogP contribution in [0.5, 0.6) is 0 Å². The molecule has 4 fully saturated rings. The lowest BCUT2D eigenvalue weighted by molar-refractivity contribution is -0.203. The molecule has 0 bridgehead atoms. The fourth-order valence-electron chi connectivity index (χ4n) is 13.0. The minimum absolute atomic E-state index is 0.00892. The lowest BCUT2D eigenvalue weighted by atomic mass is 9.33. The Kier molecular flexibility index (Phi) is 9.90. The Bertz CT molecular complexity index is 1750. The molecule has 54 heavy (non-hydrogen) atoms. The molecule has 2 aromatic carbocycles. The average molecular weight is 738 g/mol. The van der Waals surface area contributed by atoms with E-state index in [4.69, 9.17) is 9.47 Å². The number of ether oxygens (including phenoxy) is 2. The van der Waals surface area contributed by atoms with Crippen molar-refractivity contribution >= 4 is 17.7 Å². The Morgan fingerprint density at radius 3 is 2.04 bits per heavy atom. The highest BCUT2D eigenvalue weighted by atomic mass is 16.5. The number of methoxy groups -OCH3 is 1. The highest BCUT2D eigenvalue weighted by Crippen LogP contribution is 2.75. The fourth-order valence-corrected chi connectivity index (χ4v) is 13.0. The summed E-state index contributed by atoms with van der Waals surface area (Å²) in [6, 6.07) is 19.8. The Hall–Kier alpha value is -3.29. The molecule has 0 saturated heterocycles. The number of carbonyl (C=O) groups is 3. The second-order valence-corrected chi connectivity index (χ2v) is 19.5. The normalized spacial score (nSPS) is 40.6. The third-order valence-electron chi connectivity index (χ3n) is 16.5. The molecule has 2 N–H and O–H groups in total. The van der Waals surface area contributed by atoms with E-state index in [9.17, 15) is 14.7 Å². The van der Waals surface area contributed by atoms with Gasteiger partial charge in [-0.25, -0.2) is 0 Å². The summed E-state index contributed by atoms with van der Waals surface area (Å²) in [5.41, 5.74) is 0.654. The number of benzene rings is 2. The molecule has 11 atom stereocenters. The summed E-state index contributed by atoms with van der Waals surface area (Å²) in [6.07, 6.45) is 8.58. The second kappa shape index (κ2) is 13.7. The van der Waals surface area contributed by atoms with Gasteiger partial charge in [-0.3, -0.25) is 14.4 Å². The molecular formula is C47H63NO6. The van der Waals surface area contributed by atoms with E-state index >= 15 is 4.79 Å². The van der Waals surface area contributed by atoms with Crippen molar-refractivity contribution in [1.29, 1.82) is 0 Å². The molecule has 7 nitrogen and oxygen atoms in total. The molecule has 7 rings (SSSR count). The second-order valence-electron chi connectivity index (χ2n) is 19.5. The van der Waals surface area contributed by atoms with Gasteiger partial charge in [0.25, 0.3) is 0 Å². The van der Waals surface area contributed by atoms with Crippen molar-refractivity contribution in [3.63, 3.8) is 0 Å². The Morgan fingerprint density at radius 1 is 0.833 bits per heavy atom. The maximum absolute atomic E-state index is 15.0. The van der Waals surface area contributed by atoms with Gasteiger partial charge in [-0.2, -0.15) is 0 Å². The quantitative estimate of drug-likeness (QED) is 0.261. The lowest BCUT2D eigenvalue weighted by Gasteiger charge is -2.70. The number of carbonyl (C=O) groups excluding carboxylic acids is 3. The number of esters is 2. The zero-order valence-electron chi connectivity index (χ0n) is 33.9. The molecule has 0 unspecified atom stereocenters. The topological polar surface area (TPSA) is 102 Å². The first-order chi connectivity index (χ1) is 25.5. The molecule has 292 valence electrons. The summed E-state index contributed by atoms with van der Waals surface area (Å²) in [5, 5.41) is 13.7. The molecule has 5 aliphatic carbocycles. The van der Waals surface area contributed by atoms with E-state index in [1.807, 2.05) is 73.7 Å². The van der Waals surface area contributed by atoms with E-state index in [0.717, 1.165) is 62.5 Å². The number of nitrogens with one attached hydrogen (secondary N) is 1. The predicted molar refractivity (Wildman–Crippen MR) is 210 cm³/mol. The van der Waals surface area contributed by atoms with Crippen LogP contribution in [0.1, 0.15) is 123 Å². The summed E-state index contributed by atoms with van der Waals surface area (Å²) in [7, 11) is 1.47. The molecule has 5 aliphatic rings. The van der Waals surface area contributed by atoms with Gasteiger partial charge in [0, 0.05) is 18.5 Å². The highest BCUT2D eigenvalue weighted by molar-refractivity contribution is 5.96. The average Bonchev–Trinajstić information content (AvgIpc) is 3.15. The van der Waals surface area contributed by atoms with Crippen molar-refractivity contribution in [2.24, 2.45) is 50.2 Å². The number of ketones is 1. The number of allylic oxidation sites excluding steroid dienone is 2. The molecular weight excluding hydrogens is 675 g/mol. The van der Waals surface area contributed by atoms with Crippen molar-refractivity contribution in [2.45, 2.75) is 125 Å². The first-order valence-electron chi connectivity index (χ1n) is 20.5. The predicted octanol–water partition coefficient (Wildman–Crippen LogP) is 8.79. The number of aliphatic hydroxyl groups is 1. The smallest absolute Gasteiger partial charge is 0.313 e. The summed E-state index contributed by atoms with van der Waals surface area (Å²) in [6.45, 7) is 15.7. The van der Waals surface area contributed by atoms with Crippen LogP contribution in [0.2, 0.25) is 0 Å². The Morgan fingerprint density at radius 2 is 1.44 bits per heavy atom. The lowest BCUT2D eigenvalue weighted by Crippen LogP contribution is -2.69. The maximum Gasteiger partial charge on any atom is 0.313 e. The Labute approximate surface area is 323 Å². The van der Waals surface area contributed by atoms with E-state index < -0.39 is 28.5 Å². The zero-order chi connectivity index (χ0) is 38.9. The minimum Gasteiger partial charge on any atom is -0.469 e. The molecule has 7 heteroatoms. The maximum atomic E-state index is 15.0. The van der Waals surface area contributed by atoms with Crippen LogP contribution in [0.15, 0.2) is 72.3 Å². The van der Waals surface area contributed by atoms with Crippen LogP contribution in [-0.4, -0.2) is 48.6 Å². The van der Waals surface area contributed by atoms with Crippen molar-refractivity contribution in [3.05, 3.63) is 83.4 Å². The van der Waals surface area contributed by atoms with Gasteiger partial charge >= 0.3 is 11.9 Å². The van der Waals surface area contributed by atoms with Crippen molar-refractivity contribution in [3.8, 4) is 0 Å². The monoisotopic (exact) mass is 737 g/mol. The summed E-state index contributed by atoms with van der Waals surface area (Å²) < 4.78 is 12.1. The number of aliphatic hydroxyl groups excluding tert-OH is 1. The van der Waals surface area contributed by atoms with Gasteiger partial charge in [-0.1, -0.05) is 93.9 Å². The van der Waals surface area contributed by atoms with Crippen molar-refractivity contribution in [1.82, 2.24) is 5.32 Å². The SMILES string of the molecule is COC(=O)[C@]1(C)[C@@H](NC[C@@H](C)O)CC[C@@]2(C)[C@H]1CC[C@]1(C)[C@@H]2C(=O)C=C2[C@@H]3C[C@@](C)(C(=O)OC(c4ccccc4)c4ccccc4)CC[C@]3(C)CC[C@]21C. The molecule has 0 aromatic heterocycles. The van der Waals surface area contributed by atoms with Crippen LogP contribution in [0.25, 0.3) is 0 Å². The number of fused-ring (bicyclic) bond motifs is 7. The molecule has 2 aromatic rings. The molecule has 0 spiro atoms. The van der Waals surface area contributed by atoms with Gasteiger partial charge in [0.05, 0.1) is 24.0 Å². The van der Waals surface area contributed by atoms with Gasteiger partial charge in [0.1, 0.15) is 0 Å². The van der Waals surface area contributed by atoms with Crippen LogP contribution in [0.4, 0.5) is 0 Å². The van der Waals surface area contributed by atoms with E-state index in [2.05, 4.69) is 39.9 Å². The minimum atomic E-state index is -0.836. The van der Waals surface area contributed by atoms with Crippen molar-refractivity contribution < 1.29 is 29.0 Å². The third kappa shape index (κ3) is 5.85. The van der Waals surface area contributed by atoms with E-state index in [1.54, 1.807) is 6.92 Å². The molecule has 0 amide bonds. The van der Waals surface area contributed by atoms with Gasteiger partial charge < -0.3 is 19.9 Å². The van der Waals surface area contributed by atoms with Gasteiger partial charge in [-0.05, 0) is 129 Å². The van der Waals surface area contributed by atoms with E-state index in [-0.39, 0.29) is 57.8 Å². The number of hydrogen-bond acceptors (Lipinski definition) is 7. The van der Waals surface area contributed by atoms with Crippen molar-refractivity contribution in [2.75, 3.05) is 13.7 Å². The first-order valence-corrected chi connectivity index (χ1v) is 20.5. The largest absolute Gasteiger partial charge is 0.469 e. The Balaban J connectivity index is 1.22. The van der Waals surface area contributed by atoms with Crippen LogP contribution < -0.4 is 5.32 Å². The highest BCUT2D eigenvalue weighted by Gasteiger charge is 2.72. The van der Waals surface area contributed by atoms with E-state index in [1.165, 1.54) is 12.7 Å². The van der Waals surface area contributed by atoms with Crippen LogP contribution in [-0.2, 0) is 23.9 Å². The molecule has 0 heterocycles. The van der Waals surface area contributed by atoms with Gasteiger partial charge in [0.15, 0.2) is 11.9 Å². The summed E-state index contributed by atoms with van der Waals surface area (Å²) in [4.78, 5) is 43.4. The fraction of sp³-hybridized carbons (Fsp3) is 0.638. The van der Waals surface area contributed by atoms with E-state index in [0.29, 0.717) is 13.0 Å². The molecule has 0 aliphatic heterocycles. The third-order valence-corrected chi connectivity index (χ3v) is 16.5. The molecule has 0 radical (unpaired) electrons. The molecule has 4 saturated carbocycles. The number of hydrogen-bond donors (Lipinski definition) is 2. The summed E-state index contributed by atoms with van der Waals surface area (Å²) in [5.74, 6) is -0.422. The first kappa shape index (κ1) is 39.0.